The Bertz CT molecular complexity index is 1460. The number of hydrogen-bond donors (Lipinski definition) is 0. The Morgan fingerprint density at radius 1 is 1.24 bits per heavy atom. The lowest BCUT2D eigenvalue weighted by atomic mass is 9.95. The molecule has 1 aliphatic heterocycles. The van der Waals surface area contributed by atoms with Crippen LogP contribution in [-0.4, -0.2) is 30.2 Å². The van der Waals surface area contributed by atoms with E-state index in [-0.39, 0.29) is 23.5 Å². The van der Waals surface area contributed by atoms with Crippen LogP contribution in [0.2, 0.25) is 0 Å². The number of allylic oxidation sites excluding steroid dienone is 1. The van der Waals surface area contributed by atoms with Gasteiger partial charge in [-0.1, -0.05) is 23.5 Å². The molecule has 176 valence electrons. The smallest absolute Gasteiger partial charge is 0.338 e. The molecule has 3 aromatic rings. The summed E-state index contributed by atoms with van der Waals surface area (Å²) in [5.41, 5.74) is 1.06. The standard InChI is InChI=1S/C24H22N2O6S2/c1-5-31-23(29)20-13(2)25-24-26(22(28)19(34-24)12-16-7-6-10-33-16)21(20)15-8-9-17(32-14(3)27)18(11-15)30-4/h6-12,21H,5H2,1-4H3. The number of fused-ring (bicyclic) bond motifs is 1. The van der Waals surface area contributed by atoms with Gasteiger partial charge in [0.25, 0.3) is 5.56 Å². The zero-order chi connectivity index (χ0) is 24.4. The minimum Gasteiger partial charge on any atom is -0.493 e. The molecule has 0 radical (unpaired) electrons. The Morgan fingerprint density at radius 2 is 2.03 bits per heavy atom. The number of nitrogens with zero attached hydrogens (tertiary/aromatic N) is 2. The maximum Gasteiger partial charge on any atom is 0.338 e. The Hall–Kier alpha value is -3.50. The highest BCUT2D eigenvalue weighted by Crippen LogP contribution is 2.36. The fourth-order valence-corrected chi connectivity index (χ4v) is 5.47. The van der Waals surface area contributed by atoms with Crippen LogP contribution in [0.25, 0.3) is 6.08 Å². The average Bonchev–Trinajstić information content (AvgIpc) is 3.41. The second-order valence-corrected chi connectivity index (χ2v) is 9.31. The van der Waals surface area contributed by atoms with Crippen molar-refractivity contribution in [3.05, 3.63) is 77.1 Å². The first kappa shape index (κ1) is 23.7. The Balaban J connectivity index is 1.95. The molecule has 1 atom stereocenters. The Morgan fingerprint density at radius 3 is 2.68 bits per heavy atom. The number of carbonyl (C=O) groups excluding carboxylic acids is 2. The summed E-state index contributed by atoms with van der Waals surface area (Å²) in [6, 6.07) is 7.97. The SMILES string of the molecule is CCOC(=O)C1=C(C)N=c2sc(=Cc3cccs3)c(=O)n2C1c1ccc(OC(C)=O)c(OC)c1. The summed E-state index contributed by atoms with van der Waals surface area (Å²) in [5, 5.41) is 1.94. The van der Waals surface area contributed by atoms with Crippen molar-refractivity contribution >= 4 is 40.7 Å². The normalized spacial score (nSPS) is 15.5. The predicted octanol–water partition coefficient (Wildman–Crippen LogP) is 2.79. The summed E-state index contributed by atoms with van der Waals surface area (Å²) in [6.45, 7) is 4.92. The van der Waals surface area contributed by atoms with Gasteiger partial charge in [-0.25, -0.2) is 9.79 Å². The number of carbonyl (C=O) groups is 2. The highest BCUT2D eigenvalue weighted by molar-refractivity contribution is 7.11. The molecule has 1 aromatic carbocycles. The third-order valence-electron chi connectivity index (χ3n) is 5.09. The number of rotatable bonds is 6. The van der Waals surface area contributed by atoms with Gasteiger partial charge in [-0.15, -0.1) is 11.3 Å². The molecule has 0 saturated carbocycles. The van der Waals surface area contributed by atoms with Crippen molar-refractivity contribution in [3.63, 3.8) is 0 Å². The number of methoxy groups -OCH3 is 1. The maximum absolute atomic E-state index is 13.5. The predicted molar refractivity (Wildman–Crippen MR) is 129 cm³/mol. The molecule has 0 aliphatic carbocycles. The second-order valence-electron chi connectivity index (χ2n) is 7.32. The lowest BCUT2D eigenvalue weighted by Gasteiger charge is -2.25. The van der Waals surface area contributed by atoms with E-state index >= 15 is 0 Å². The van der Waals surface area contributed by atoms with Crippen molar-refractivity contribution in [1.29, 1.82) is 0 Å². The minimum atomic E-state index is -0.791. The van der Waals surface area contributed by atoms with Crippen molar-refractivity contribution in [2.45, 2.75) is 26.8 Å². The molecule has 34 heavy (non-hydrogen) atoms. The highest BCUT2D eigenvalue weighted by atomic mass is 32.1. The Kier molecular flexibility index (Phi) is 6.80. The van der Waals surface area contributed by atoms with Gasteiger partial charge in [-0.05, 0) is 49.1 Å². The van der Waals surface area contributed by atoms with E-state index in [1.807, 2.05) is 23.6 Å². The zero-order valence-corrected chi connectivity index (χ0v) is 20.6. The number of thiazole rings is 1. The second kappa shape index (κ2) is 9.78. The highest BCUT2D eigenvalue weighted by Gasteiger charge is 2.34. The molecule has 8 nitrogen and oxygen atoms in total. The number of hydrogen-bond acceptors (Lipinski definition) is 9. The van der Waals surface area contributed by atoms with Crippen LogP contribution in [0.15, 0.2) is 56.8 Å². The van der Waals surface area contributed by atoms with E-state index in [0.29, 0.717) is 26.3 Å². The third kappa shape index (κ3) is 4.46. The van der Waals surface area contributed by atoms with Gasteiger partial charge < -0.3 is 14.2 Å². The topological polar surface area (TPSA) is 96.2 Å². The van der Waals surface area contributed by atoms with E-state index in [1.165, 1.54) is 41.3 Å². The summed E-state index contributed by atoms with van der Waals surface area (Å²) in [5.74, 6) is -0.506. The van der Waals surface area contributed by atoms with Crippen LogP contribution in [0.1, 0.15) is 37.3 Å². The van der Waals surface area contributed by atoms with Crippen LogP contribution in [0.3, 0.4) is 0 Å². The molecular weight excluding hydrogens is 476 g/mol. The van der Waals surface area contributed by atoms with Gasteiger partial charge in [0.05, 0.1) is 35.6 Å². The van der Waals surface area contributed by atoms with Gasteiger partial charge in [-0.3, -0.25) is 14.2 Å². The summed E-state index contributed by atoms with van der Waals surface area (Å²) < 4.78 is 17.9. The zero-order valence-electron chi connectivity index (χ0n) is 19.0. The first-order valence-corrected chi connectivity index (χ1v) is 12.1. The number of ether oxygens (including phenoxy) is 3. The first-order chi connectivity index (χ1) is 16.3. The van der Waals surface area contributed by atoms with Gasteiger partial charge in [0, 0.05) is 11.8 Å². The van der Waals surface area contributed by atoms with Crippen LogP contribution in [0.5, 0.6) is 11.5 Å². The molecule has 1 unspecified atom stereocenters. The molecule has 0 bridgehead atoms. The van der Waals surface area contributed by atoms with E-state index in [0.717, 1.165) is 4.88 Å². The van der Waals surface area contributed by atoms with Gasteiger partial charge in [0.1, 0.15) is 0 Å². The van der Waals surface area contributed by atoms with Crippen molar-refractivity contribution < 1.29 is 23.8 Å². The maximum atomic E-state index is 13.5. The van der Waals surface area contributed by atoms with Crippen LogP contribution in [0.4, 0.5) is 0 Å². The first-order valence-electron chi connectivity index (χ1n) is 10.4. The van der Waals surface area contributed by atoms with Crippen molar-refractivity contribution in [3.8, 4) is 11.5 Å². The van der Waals surface area contributed by atoms with E-state index < -0.39 is 18.0 Å². The fourth-order valence-electron chi connectivity index (χ4n) is 3.70. The minimum absolute atomic E-state index is 0.180. The molecule has 2 aromatic heterocycles. The molecular formula is C24H22N2O6S2. The summed E-state index contributed by atoms with van der Waals surface area (Å²) >= 11 is 2.78. The Labute approximate surface area is 203 Å². The monoisotopic (exact) mass is 498 g/mol. The van der Waals surface area contributed by atoms with Crippen LogP contribution < -0.4 is 24.4 Å². The molecule has 0 amide bonds. The summed E-state index contributed by atoms with van der Waals surface area (Å²) in [7, 11) is 1.45. The number of esters is 2. The van der Waals surface area contributed by atoms with Gasteiger partial charge in [-0.2, -0.15) is 0 Å². The lowest BCUT2D eigenvalue weighted by Crippen LogP contribution is -2.39. The molecule has 3 heterocycles. The number of thiophene rings is 1. The molecule has 10 heteroatoms. The average molecular weight is 499 g/mol. The molecule has 0 fully saturated rings. The van der Waals surface area contributed by atoms with Gasteiger partial charge in [0.15, 0.2) is 16.3 Å². The largest absolute Gasteiger partial charge is 0.493 e. The molecule has 0 N–H and O–H groups in total. The number of benzene rings is 1. The van der Waals surface area contributed by atoms with Gasteiger partial charge in [0.2, 0.25) is 0 Å². The molecule has 0 saturated heterocycles. The molecule has 1 aliphatic rings. The summed E-state index contributed by atoms with van der Waals surface area (Å²) in [4.78, 5) is 44.0. The van der Waals surface area contributed by atoms with Crippen LogP contribution in [0, 0.1) is 0 Å². The van der Waals surface area contributed by atoms with Crippen molar-refractivity contribution in [1.82, 2.24) is 4.57 Å². The molecule has 4 rings (SSSR count). The number of aromatic nitrogens is 1. The van der Waals surface area contributed by atoms with E-state index in [2.05, 4.69) is 4.99 Å². The van der Waals surface area contributed by atoms with E-state index in [4.69, 9.17) is 14.2 Å². The van der Waals surface area contributed by atoms with E-state index in [1.54, 1.807) is 32.0 Å². The van der Waals surface area contributed by atoms with Gasteiger partial charge >= 0.3 is 11.9 Å². The molecule has 0 spiro atoms. The van der Waals surface area contributed by atoms with E-state index in [9.17, 15) is 14.4 Å². The fraction of sp³-hybridized carbons (Fsp3) is 0.250. The summed E-state index contributed by atoms with van der Waals surface area (Å²) in [6.07, 6.45) is 1.82. The van der Waals surface area contributed by atoms with Crippen LogP contribution >= 0.6 is 22.7 Å². The van der Waals surface area contributed by atoms with Crippen molar-refractivity contribution in [2.24, 2.45) is 4.99 Å². The lowest BCUT2D eigenvalue weighted by molar-refractivity contribution is -0.139. The van der Waals surface area contributed by atoms with Crippen molar-refractivity contribution in [2.75, 3.05) is 13.7 Å². The van der Waals surface area contributed by atoms with Crippen LogP contribution in [-0.2, 0) is 14.3 Å². The quantitative estimate of drug-likeness (QED) is 0.383. The third-order valence-corrected chi connectivity index (χ3v) is 6.89.